The molecule has 0 fully saturated rings. The normalized spacial score (nSPS) is 12.9. The lowest BCUT2D eigenvalue weighted by Gasteiger charge is -2.21. The second kappa shape index (κ2) is 8.44. The highest BCUT2D eigenvalue weighted by molar-refractivity contribution is 7.89. The van der Waals surface area contributed by atoms with E-state index in [1.165, 1.54) is 12.1 Å². The van der Waals surface area contributed by atoms with Gasteiger partial charge in [-0.25, -0.2) is 12.8 Å². The molecular weight excluding hydrogens is 415 g/mol. The minimum atomic E-state index is -4.22. The molecule has 7 nitrogen and oxygen atoms in total. The molecule has 154 valence electrons. The molecule has 1 aromatic carbocycles. The van der Waals surface area contributed by atoms with E-state index in [0.717, 1.165) is 27.6 Å². The smallest absolute Gasteiger partial charge is 0.244 e. The quantitative estimate of drug-likeness (QED) is 0.527. The lowest BCUT2D eigenvalue weighted by molar-refractivity contribution is -0.118. The van der Waals surface area contributed by atoms with Crippen molar-refractivity contribution in [3.63, 3.8) is 0 Å². The van der Waals surface area contributed by atoms with Gasteiger partial charge in [0.1, 0.15) is 16.8 Å². The van der Waals surface area contributed by atoms with Crippen LogP contribution in [0.1, 0.15) is 18.7 Å². The number of H-pyrrole nitrogens is 1. The number of hydrogen-bond donors (Lipinski definition) is 3. The predicted octanol–water partition coefficient (Wildman–Crippen LogP) is 3.53. The van der Waals surface area contributed by atoms with Gasteiger partial charge in [-0.05, 0) is 37.1 Å². The van der Waals surface area contributed by atoms with Gasteiger partial charge in [0.15, 0.2) is 5.82 Å². The lowest BCUT2D eigenvalue weighted by atomic mass is 10.1. The summed E-state index contributed by atoms with van der Waals surface area (Å²) in [6, 6.07) is 9.50. The molecule has 0 saturated heterocycles. The van der Waals surface area contributed by atoms with Crippen molar-refractivity contribution in [3.05, 3.63) is 53.2 Å². The molecule has 0 saturated carbocycles. The zero-order valence-corrected chi connectivity index (χ0v) is 17.7. The van der Waals surface area contributed by atoms with Crippen molar-refractivity contribution in [2.75, 3.05) is 5.32 Å². The van der Waals surface area contributed by atoms with Gasteiger partial charge in [0.05, 0.1) is 10.6 Å². The van der Waals surface area contributed by atoms with E-state index < -0.39 is 32.7 Å². The Bertz CT molecular complexity index is 1120. The number of nitrogens with one attached hydrogen (secondary N) is 3. The molecule has 0 aliphatic rings. The summed E-state index contributed by atoms with van der Waals surface area (Å²) in [5.41, 5.74) is 0.742. The van der Waals surface area contributed by atoms with E-state index in [2.05, 4.69) is 20.2 Å². The van der Waals surface area contributed by atoms with Crippen LogP contribution in [-0.4, -0.2) is 30.6 Å². The van der Waals surface area contributed by atoms with Crippen LogP contribution in [0.25, 0.3) is 10.6 Å². The zero-order chi connectivity index (χ0) is 21.2. The van der Waals surface area contributed by atoms with Gasteiger partial charge in [-0.15, -0.1) is 11.3 Å². The monoisotopic (exact) mass is 436 g/mol. The predicted molar refractivity (Wildman–Crippen MR) is 111 cm³/mol. The number of benzene rings is 1. The lowest BCUT2D eigenvalue weighted by Crippen LogP contribution is -2.47. The molecule has 0 spiro atoms. The SMILES string of the molecule is Cc1ccc(-c2cc(NC(=O)[C@@H](NS(=O)(=O)c3ccccc3F)C(C)C)n[nH]2)s1. The van der Waals surface area contributed by atoms with Crippen LogP contribution in [0.5, 0.6) is 0 Å². The zero-order valence-electron chi connectivity index (χ0n) is 16.1. The van der Waals surface area contributed by atoms with E-state index >= 15 is 0 Å². The van der Waals surface area contributed by atoms with Crippen LogP contribution in [0.4, 0.5) is 10.2 Å². The molecule has 0 unspecified atom stereocenters. The molecule has 0 aliphatic carbocycles. The van der Waals surface area contributed by atoms with Crippen molar-refractivity contribution in [3.8, 4) is 10.6 Å². The fraction of sp³-hybridized carbons (Fsp3) is 0.263. The third kappa shape index (κ3) is 4.89. The molecule has 1 atom stereocenters. The van der Waals surface area contributed by atoms with Gasteiger partial charge in [-0.1, -0.05) is 26.0 Å². The summed E-state index contributed by atoms with van der Waals surface area (Å²) in [6.45, 7) is 5.37. The number of hydrogen-bond acceptors (Lipinski definition) is 5. The summed E-state index contributed by atoms with van der Waals surface area (Å²) >= 11 is 1.58. The van der Waals surface area contributed by atoms with E-state index in [0.29, 0.717) is 0 Å². The number of aromatic nitrogens is 2. The molecule has 0 radical (unpaired) electrons. The van der Waals surface area contributed by atoms with Crippen molar-refractivity contribution in [1.29, 1.82) is 0 Å². The van der Waals surface area contributed by atoms with Crippen LogP contribution in [0.2, 0.25) is 0 Å². The highest BCUT2D eigenvalue weighted by atomic mass is 32.2. The number of halogens is 1. The van der Waals surface area contributed by atoms with Gasteiger partial charge in [0.2, 0.25) is 15.9 Å². The number of sulfonamides is 1. The first-order valence-corrected chi connectivity index (χ1v) is 11.2. The Morgan fingerprint density at radius 3 is 2.55 bits per heavy atom. The number of anilines is 1. The standard InChI is InChI=1S/C19H21FN4O3S2/c1-11(2)18(24-29(26,27)16-7-5-4-6-13(16)20)19(25)21-17-10-14(22-23-17)15-9-8-12(3)28-15/h4-11,18,24H,1-3H3,(H2,21,22,23,25)/t18-/m0/s1. The summed E-state index contributed by atoms with van der Waals surface area (Å²) in [4.78, 5) is 14.3. The number of thiophene rings is 1. The number of carbonyl (C=O) groups excluding carboxylic acids is 1. The van der Waals surface area contributed by atoms with Gasteiger partial charge < -0.3 is 5.32 Å². The Balaban J connectivity index is 1.77. The number of aromatic amines is 1. The second-order valence-corrected chi connectivity index (χ2v) is 9.81. The molecule has 1 amide bonds. The maximum atomic E-state index is 13.9. The minimum Gasteiger partial charge on any atom is -0.308 e. The first-order chi connectivity index (χ1) is 13.7. The summed E-state index contributed by atoms with van der Waals surface area (Å²) < 4.78 is 41.3. The molecule has 3 aromatic rings. The fourth-order valence-corrected chi connectivity index (χ4v) is 4.94. The number of aryl methyl sites for hydroxylation is 1. The summed E-state index contributed by atoms with van der Waals surface area (Å²) in [5.74, 6) is -1.58. The van der Waals surface area contributed by atoms with E-state index in [4.69, 9.17) is 0 Å². The van der Waals surface area contributed by atoms with Gasteiger partial charge in [0, 0.05) is 10.9 Å². The molecule has 0 bridgehead atoms. The molecule has 10 heteroatoms. The van der Waals surface area contributed by atoms with Crippen LogP contribution < -0.4 is 10.0 Å². The molecule has 29 heavy (non-hydrogen) atoms. The Kier molecular flexibility index (Phi) is 6.15. The van der Waals surface area contributed by atoms with Crippen LogP contribution in [0, 0.1) is 18.7 Å². The van der Waals surface area contributed by atoms with E-state index in [1.54, 1.807) is 31.3 Å². The van der Waals surface area contributed by atoms with Crippen molar-refractivity contribution in [2.45, 2.75) is 31.7 Å². The van der Waals surface area contributed by atoms with Crippen molar-refractivity contribution in [2.24, 2.45) is 5.92 Å². The third-order valence-corrected chi connectivity index (χ3v) is 6.70. The first-order valence-electron chi connectivity index (χ1n) is 8.87. The van der Waals surface area contributed by atoms with Crippen LogP contribution in [-0.2, 0) is 14.8 Å². The molecule has 0 aliphatic heterocycles. The summed E-state index contributed by atoms with van der Waals surface area (Å²) in [7, 11) is -4.22. The van der Waals surface area contributed by atoms with Crippen molar-refractivity contribution < 1.29 is 17.6 Å². The Morgan fingerprint density at radius 2 is 1.93 bits per heavy atom. The average Bonchev–Trinajstić information content (AvgIpc) is 3.28. The topological polar surface area (TPSA) is 104 Å². The van der Waals surface area contributed by atoms with Gasteiger partial charge in [0.25, 0.3) is 0 Å². The van der Waals surface area contributed by atoms with Gasteiger partial charge >= 0.3 is 0 Å². The average molecular weight is 437 g/mol. The number of nitrogens with zero attached hydrogens (tertiary/aromatic N) is 1. The van der Waals surface area contributed by atoms with E-state index in [-0.39, 0.29) is 11.7 Å². The maximum absolute atomic E-state index is 13.9. The van der Waals surface area contributed by atoms with Crippen LogP contribution in [0.3, 0.4) is 0 Å². The van der Waals surface area contributed by atoms with Crippen molar-refractivity contribution >= 4 is 33.1 Å². The van der Waals surface area contributed by atoms with Crippen molar-refractivity contribution in [1.82, 2.24) is 14.9 Å². The van der Waals surface area contributed by atoms with Crippen LogP contribution >= 0.6 is 11.3 Å². The molecular formula is C19H21FN4O3S2. The maximum Gasteiger partial charge on any atom is 0.244 e. The number of rotatable bonds is 7. The summed E-state index contributed by atoms with van der Waals surface area (Å²) in [6.07, 6.45) is 0. The van der Waals surface area contributed by atoms with E-state index in [9.17, 15) is 17.6 Å². The Morgan fingerprint density at radius 1 is 1.21 bits per heavy atom. The summed E-state index contributed by atoms with van der Waals surface area (Å²) in [5, 5.41) is 9.52. The van der Waals surface area contributed by atoms with Crippen LogP contribution in [0.15, 0.2) is 47.4 Å². The second-order valence-electron chi connectivity index (χ2n) is 6.84. The Labute approximate surface area is 172 Å². The molecule has 3 N–H and O–H groups in total. The minimum absolute atomic E-state index is 0.270. The highest BCUT2D eigenvalue weighted by Crippen LogP contribution is 2.27. The number of amides is 1. The molecule has 3 rings (SSSR count). The number of carbonyl (C=O) groups is 1. The molecule has 2 heterocycles. The fourth-order valence-electron chi connectivity index (χ4n) is 2.68. The first kappa shape index (κ1) is 21.2. The van der Waals surface area contributed by atoms with E-state index in [1.807, 2.05) is 19.1 Å². The third-order valence-electron chi connectivity index (χ3n) is 4.19. The van der Waals surface area contributed by atoms with Gasteiger partial charge in [-0.3, -0.25) is 9.89 Å². The Hall–Kier alpha value is -2.56. The largest absolute Gasteiger partial charge is 0.308 e. The van der Waals surface area contributed by atoms with Gasteiger partial charge in [-0.2, -0.15) is 9.82 Å². The molecule has 2 aromatic heterocycles. The highest BCUT2D eigenvalue weighted by Gasteiger charge is 2.30.